The van der Waals surface area contributed by atoms with E-state index in [9.17, 15) is 19.8 Å². The molecule has 9 heteroatoms. The zero-order valence-electron chi connectivity index (χ0n) is 8.58. The van der Waals surface area contributed by atoms with Gasteiger partial charge in [-0.05, 0) is 0 Å². The lowest BCUT2D eigenvalue weighted by Crippen LogP contribution is -2.48. The molecule has 1 amide bonds. The molecule has 0 aromatic rings. The number of alkyl halides is 2. The molecule has 0 aromatic carbocycles. The van der Waals surface area contributed by atoms with E-state index in [1.807, 2.05) is 0 Å². The van der Waals surface area contributed by atoms with Crippen LogP contribution in [0.3, 0.4) is 0 Å². The second kappa shape index (κ2) is 7.80. The van der Waals surface area contributed by atoms with E-state index in [1.54, 1.807) is 0 Å². The van der Waals surface area contributed by atoms with Crippen LogP contribution in [0.15, 0.2) is 0 Å². The van der Waals surface area contributed by atoms with Crippen LogP contribution in [0.4, 0.5) is 0 Å². The highest BCUT2D eigenvalue weighted by atomic mass is 35.5. The lowest BCUT2D eigenvalue weighted by Gasteiger charge is -2.21. The largest absolute Gasteiger partial charge is 0.388 e. The molecule has 0 aliphatic carbocycles. The molecule has 0 aromatic heterocycles. The SMILES string of the molecule is O=C(NC[C@H](O)[C@@H](O)[C@H](O)C(=O)CO)C(Cl)Cl. The van der Waals surface area contributed by atoms with Crippen molar-refractivity contribution in [3.8, 4) is 0 Å². The van der Waals surface area contributed by atoms with Gasteiger partial charge in [-0.3, -0.25) is 9.59 Å². The fourth-order valence-corrected chi connectivity index (χ4v) is 1.05. The number of hydrogen-bond donors (Lipinski definition) is 5. The maximum absolute atomic E-state index is 10.9. The van der Waals surface area contributed by atoms with E-state index in [2.05, 4.69) is 5.32 Å². The minimum atomic E-state index is -1.94. The zero-order chi connectivity index (χ0) is 13.6. The summed E-state index contributed by atoms with van der Waals surface area (Å²) in [5.41, 5.74) is 0. The molecule has 0 saturated heterocycles. The lowest BCUT2D eigenvalue weighted by atomic mass is 10.0. The first-order valence-electron chi connectivity index (χ1n) is 4.54. The Morgan fingerprint density at radius 2 is 1.71 bits per heavy atom. The van der Waals surface area contributed by atoms with Crippen molar-refractivity contribution in [2.24, 2.45) is 0 Å². The van der Waals surface area contributed by atoms with Crippen LogP contribution in [-0.4, -0.2) is 68.4 Å². The molecule has 17 heavy (non-hydrogen) atoms. The maximum atomic E-state index is 10.9. The molecular weight excluding hydrogens is 277 g/mol. The number of rotatable bonds is 7. The predicted molar refractivity (Wildman–Crippen MR) is 58.6 cm³/mol. The van der Waals surface area contributed by atoms with E-state index in [-0.39, 0.29) is 0 Å². The first-order chi connectivity index (χ1) is 7.81. The van der Waals surface area contributed by atoms with Gasteiger partial charge in [0.1, 0.15) is 24.9 Å². The van der Waals surface area contributed by atoms with E-state index in [1.165, 1.54) is 0 Å². The van der Waals surface area contributed by atoms with Crippen molar-refractivity contribution in [2.45, 2.75) is 23.1 Å². The molecule has 100 valence electrons. The number of ketones is 1. The first kappa shape index (κ1) is 16.6. The molecule has 0 saturated carbocycles. The molecule has 0 unspecified atom stereocenters. The van der Waals surface area contributed by atoms with Gasteiger partial charge < -0.3 is 25.7 Å². The second-order valence-corrected chi connectivity index (χ2v) is 4.27. The number of carbonyl (C=O) groups is 2. The third-order valence-corrected chi connectivity index (χ3v) is 2.28. The van der Waals surface area contributed by atoms with Gasteiger partial charge in [0.15, 0.2) is 10.6 Å². The van der Waals surface area contributed by atoms with Crippen LogP contribution in [0.5, 0.6) is 0 Å². The quantitative estimate of drug-likeness (QED) is 0.331. The third-order valence-electron chi connectivity index (χ3n) is 1.89. The van der Waals surface area contributed by atoms with E-state index >= 15 is 0 Å². The van der Waals surface area contributed by atoms with Crippen LogP contribution in [0.2, 0.25) is 0 Å². The van der Waals surface area contributed by atoms with Crippen molar-refractivity contribution in [3.05, 3.63) is 0 Å². The highest BCUT2D eigenvalue weighted by molar-refractivity contribution is 6.53. The van der Waals surface area contributed by atoms with Gasteiger partial charge in [-0.1, -0.05) is 23.2 Å². The summed E-state index contributed by atoms with van der Waals surface area (Å²) in [6, 6.07) is 0. The van der Waals surface area contributed by atoms with Crippen molar-refractivity contribution in [3.63, 3.8) is 0 Å². The van der Waals surface area contributed by atoms with Crippen LogP contribution in [0, 0.1) is 0 Å². The molecule has 0 rings (SSSR count). The second-order valence-electron chi connectivity index (χ2n) is 3.17. The normalized spacial score (nSPS) is 16.4. The molecule has 0 spiro atoms. The average Bonchev–Trinajstić information content (AvgIpc) is 2.32. The van der Waals surface area contributed by atoms with Crippen molar-refractivity contribution < 1.29 is 30.0 Å². The summed E-state index contributed by atoms with van der Waals surface area (Å²) >= 11 is 10.4. The van der Waals surface area contributed by atoms with Gasteiger partial charge in [-0.2, -0.15) is 0 Å². The number of aliphatic hydroxyl groups excluding tert-OH is 4. The summed E-state index contributed by atoms with van der Waals surface area (Å²) in [4.78, 5) is 20.4. The molecule has 0 heterocycles. The third kappa shape index (κ3) is 5.62. The monoisotopic (exact) mass is 289 g/mol. The van der Waals surface area contributed by atoms with Gasteiger partial charge in [0.05, 0.1) is 0 Å². The fraction of sp³-hybridized carbons (Fsp3) is 0.750. The number of halogens is 2. The molecular formula is C8H13Cl2NO6. The molecule has 3 atom stereocenters. The van der Waals surface area contributed by atoms with E-state index < -0.39 is 48.0 Å². The molecule has 7 nitrogen and oxygen atoms in total. The number of hydrogen-bond acceptors (Lipinski definition) is 6. The predicted octanol–water partition coefficient (Wildman–Crippen LogP) is -2.45. The summed E-state index contributed by atoms with van der Waals surface area (Å²) in [5, 5.41) is 38.3. The molecule has 0 aliphatic rings. The summed E-state index contributed by atoms with van der Waals surface area (Å²) in [7, 11) is 0. The Bertz CT molecular complexity index is 275. The van der Waals surface area contributed by atoms with Crippen molar-refractivity contribution >= 4 is 34.9 Å². The van der Waals surface area contributed by atoms with Gasteiger partial charge in [-0.15, -0.1) is 0 Å². The Labute approximate surface area is 107 Å². The highest BCUT2D eigenvalue weighted by Gasteiger charge is 2.30. The zero-order valence-corrected chi connectivity index (χ0v) is 10.1. The Balaban J connectivity index is 4.18. The summed E-state index contributed by atoms with van der Waals surface area (Å²) < 4.78 is 0. The van der Waals surface area contributed by atoms with Crippen LogP contribution in [-0.2, 0) is 9.59 Å². The summed E-state index contributed by atoms with van der Waals surface area (Å²) in [6.07, 6.45) is -5.37. The van der Waals surface area contributed by atoms with E-state index in [0.717, 1.165) is 0 Å². The van der Waals surface area contributed by atoms with Crippen LogP contribution in [0.1, 0.15) is 0 Å². The smallest absolute Gasteiger partial charge is 0.253 e. The van der Waals surface area contributed by atoms with Gasteiger partial charge in [-0.25, -0.2) is 0 Å². The molecule has 0 radical (unpaired) electrons. The number of amides is 1. The van der Waals surface area contributed by atoms with Crippen LogP contribution >= 0.6 is 23.2 Å². The standard InChI is InChI=1S/C8H13Cl2NO6/c9-7(10)8(17)11-1-3(13)5(15)6(16)4(14)2-12/h3,5-7,12-13,15-16H,1-2H2,(H,11,17)/t3-,5+,6+/m0/s1. The molecule has 0 fully saturated rings. The number of aliphatic hydroxyl groups is 4. The van der Waals surface area contributed by atoms with Gasteiger partial charge in [0.25, 0.3) is 5.91 Å². The van der Waals surface area contributed by atoms with Gasteiger partial charge in [0, 0.05) is 6.54 Å². The fourth-order valence-electron chi connectivity index (χ4n) is 0.897. The minimum Gasteiger partial charge on any atom is -0.388 e. The average molecular weight is 290 g/mol. The van der Waals surface area contributed by atoms with Gasteiger partial charge in [0.2, 0.25) is 0 Å². The molecule has 5 N–H and O–H groups in total. The van der Waals surface area contributed by atoms with Crippen molar-refractivity contribution in [2.75, 3.05) is 13.2 Å². The molecule has 0 aliphatic heterocycles. The Morgan fingerprint density at radius 1 is 1.18 bits per heavy atom. The van der Waals surface area contributed by atoms with Crippen molar-refractivity contribution in [1.82, 2.24) is 5.32 Å². The van der Waals surface area contributed by atoms with Gasteiger partial charge >= 0.3 is 0 Å². The minimum absolute atomic E-state index is 0.453. The topological polar surface area (TPSA) is 127 Å². The van der Waals surface area contributed by atoms with Crippen LogP contribution < -0.4 is 5.32 Å². The Kier molecular flexibility index (Phi) is 7.60. The summed E-state index contributed by atoms with van der Waals surface area (Å²) in [6.45, 7) is -1.42. The Morgan fingerprint density at radius 3 is 2.12 bits per heavy atom. The molecule has 0 bridgehead atoms. The maximum Gasteiger partial charge on any atom is 0.253 e. The number of Topliss-reactive ketones (excluding diaryl/α,β-unsaturated/α-hetero) is 1. The van der Waals surface area contributed by atoms with E-state index in [4.69, 9.17) is 33.4 Å². The first-order valence-corrected chi connectivity index (χ1v) is 5.42. The summed E-state index contributed by atoms with van der Waals surface area (Å²) in [5.74, 6) is -1.84. The number of nitrogens with one attached hydrogen (secondary N) is 1. The van der Waals surface area contributed by atoms with Crippen molar-refractivity contribution in [1.29, 1.82) is 0 Å². The Hall–Kier alpha value is -0.440. The highest BCUT2D eigenvalue weighted by Crippen LogP contribution is 2.03. The van der Waals surface area contributed by atoms with E-state index in [0.29, 0.717) is 0 Å². The number of carbonyl (C=O) groups excluding carboxylic acids is 2. The lowest BCUT2D eigenvalue weighted by molar-refractivity contribution is -0.141. The van der Waals surface area contributed by atoms with Crippen LogP contribution in [0.25, 0.3) is 0 Å².